The lowest BCUT2D eigenvalue weighted by atomic mass is 10.1. The fraction of sp³-hybridized carbons (Fsp3) is 0.0625. The highest BCUT2D eigenvalue weighted by Crippen LogP contribution is 2.28. The van der Waals surface area contributed by atoms with E-state index in [0.29, 0.717) is 11.1 Å². The molecule has 2 aromatic carbocycles. The minimum absolute atomic E-state index is 0.0527. The first-order valence-corrected chi connectivity index (χ1v) is 5.89. The third kappa shape index (κ3) is 3.63. The molecular formula is C16H9F3O2. The van der Waals surface area contributed by atoms with Gasteiger partial charge in [-0.25, -0.2) is 4.79 Å². The smallest absolute Gasteiger partial charge is 0.416 e. The van der Waals surface area contributed by atoms with Crippen molar-refractivity contribution >= 4 is 5.97 Å². The second kappa shape index (κ2) is 5.71. The molecule has 2 aromatic rings. The van der Waals surface area contributed by atoms with Gasteiger partial charge >= 0.3 is 12.1 Å². The van der Waals surface area contributed by atoms with E-state index in [0.717, 1.165) is 12.1 Å². The van der Waals surface area contributed by atoms with Gasteiger partial charge in [-0.1, -0.05) is 24.0 Å². The van der Waals surface area contributed by atoms with Crippen molar-refractivity contribution in [2.45, 2.75) is 6.18 Å². The summed E-state index contributed by atoms with van der Waals surface area (Å²) in [6.45, 7) is 0. The zero-order chi connectivity index (χ0) is 15.5. The van der Waals surface area contributed by atoms with Gasteiger partial charge < -0.3 is 5.11 Å². The third-order valence-electron chi connectivity index (χ3n) is 2.71. The molecule has 0 unspecified atom stereocenters. The van der Waals surface area contributed by atoms with Gasteiger partial charge in [-0.05, 0) is 36.4 Å². The summed E-state index contributed by atoms with van der Waals surface area (Å²) in [5.74, 6) is 4.21. The fourth-order valence-corrected chi connectivity index (χ4v) is 1.66. The van der Waals surface area contributed by atoms with Crippen LogP contribution in [0.1, 0.15) is 27.0 Å². The van der Waals surface area contributed by atoms with Crippen LogP contribution in [0.4, 0.5) is 13.2 Å². The van der Waals surface area contributed by atoms with E-state index in [2.05, 4.69) is 11.8 Å². The number of carboxylic acids is 1. The van der Waals surface area contributed by atoms with Gasteiger partial charge in [0.25, 0.3) is 0 Å². The zero-order valence-electron chi connectivity index (χ0n) is 10.6. The van der Waals surface area contributed by atoms with Gasteiger partial charge in [-0.3, -0.25) is 0 Å². The molecule has 2 nitrogen and oxygen atoms in total. The van der Waals surface area contributed by atoms with Crippen LogP contribution in [-0.4, -0.2) is 11.1 Å². The predicted octanol–water partition coefficient (Wildman–Crippen LogP) is 3.80. The maximum atomic E-state index is 12.4. The average molecular weight is 290 g/mol. The summed E-state index contributed by atoms with van der Waals surface area (Å²) in [5.41, 5.74) is -0.0102. The SMILES string of the molecule is O=C(O)c1ccccc1C#Cc1ccc(C(F)(F)F)cc1. The Hall–Kier alpha value is -2.74. The molecule has 0 amide bonds. The molecule has 0 heterocycles. The maximum absolute atomic E-state index is 12.4. The summed E-state index contributed by atoms with van der Waals surface area (Å²) in [6, 6.07) is 10.5. The summed E-state index contributed by atoms with van der Waals surface area (Å²) in [4.78, 5) is 11.0. The summed E-state index contributed by atoms with van der Waals surface area (Å²) in [7, 11) is 0. The molecule has 0 saturated heterocycles. The number of hydrogen-bond donors (Lipinski definition) is 1. The van der Waals surface area contributed by atoms with Gasteiger partial charge in [-0.2, -0.15) is 13.2 Å². The van der Waals surface area contributed by atoms with Crippen molar-refractivity contribution in [3.05, 3.63) is 70.8 Å². The monoisotopic (exact) mass is 290 g/mol. The van der Waals surface area contributed by atoms with Gasteiger partial charge in [-0.15, -0.1) is 0 Å². The van der Waals surface area contributed by atoms with Gasteiger partial charge in [0, 0.05) is 11.1 Å². The molecule has 0 saturated carbocycles. The molecule has 0 aliphatic carbocycles. The molecule has 0 atom stereocenters. The molecule has 0 aromatic heterocycles. The Kier molecular flexibility index (Phi) is 3.99. The summed E-state index contributed by atoms with van der Waals surface area (Å²) in [5, 5.41) is 9.00. The molecule has 0 radical (unpaired) electrons. The second-order valence-electron chi connectivity index (χ2n) is 4.18. The largest absolute Gasteiger partial charge is 0.478 e. The van der Waals surface area contributed by atoms with Gasteiger partial charge in [0.2, 0.25) is 0 Å². The van der Waals surface area contributed by atoms with E-state index in [1.54, 1.807) is 18.2 Å². The molecular weight excluding hydrogens is 281 g/mol. The van der Waals surface area contributed by atoms with Crippen molar-refractivity contribution in [2.24, 2.45) is 0 Å². The lowest BCUT2D eigenvalue weighted by molar-refractivity contribution is -0.137. The Morgan fingerprint density at radius 2 is 1.57 bits per heavy atom. The maximum Gasteiger partial charge on any atom is 0.416 e. The summed E-state index contributed by atoms with van der Waals surface area (Å²) < 4.78 is 37.2. The van der Waals surface area contributed by atoms with Crippen LogP contribution in [0.5, 0.6) is 0 Å². The van der Waals surface area contributed by atoms with Crippen molar-refractivity contribution < 1.29 is 23.1 Å². The van der Waals surface area contributed by atoms with Crippen molar-refractivity contribution in [3.63, 3.8) is 0 Å². The lowest BCUT2D eigenvalue weighted by Crippen LogP contribution is -2.04. The van der Waals surface area contributed by atoms with E-state index < -0.39 is 17.7 Å². The van der Waals surface area contributed by atoms with E-state index in [4.69, 9.17) is 5.11 Å². The van der Waals surface area contributed by atoms with E-state index in [-0.39, 0.29) is 5.56 Å². The molecule has 0 aliphatic rings. The van der Waals surface area contributed by atoms with Gasteiger partial charge in [0.05, 0.1) is 11.1 Å². The Morgan fingerprint density at radius 1 is 0.952 bits per heavy atom. The van der Waals surface area contributed by atoms with Crippen LogP contribution in [-0.2, 0) is 6.18 Å². The molecule has 5 heteroatoms. The normalized spacial score (nSPS) is 10.6. The molecule has 2 rings (SSSR count). The number of alkyl halides is 3. The highest BCUT2D eigenvalue weighted by Gasteiger charge is 2.29. The third-order valence-corrected chi connectivity index (χ3v) is 2.71. The van der Waals surface area contributed by atoms with Crippen LogP contribution in [0.15, 0.2) is 48.5 Å². The van der Waals surface area contributed by atoms with Crippen molar-refractivity contribution in [1.82, 2.24) is 0 Å². The minimum atomic E-state index is -4.39. The van der Waals surface area contributed by atoms with Gasteiger partial charge in [0.15, 0.2) is 0 Å². The number of benzene rings is 2. The number of rotatable bonds is 1. The topological polar surface area (TPSA) is 37.3 Å². The number of halogens is 3. The molecule has 0 spiro atoms. The summed E-state index contributed by atoms with van der Waals surface area (Å²) in [6.07, 6.45) is -4.39. The van der Waals surface area contributed by atoms with Crippen LogP contribution < -0.4 is 0 Å². The Morgan fingerprint density at radius 3 is 2.14 bits per heavy atom. The van der Waals surface area contributed by atoms with E-state index in [1.165, 1.54) is 18.2 Å². The Bertz CT molecular complexity index is 720. The van der Waals surface area contributed by atoms with Crippen LogP contribution in [0.2, 0.25) is 0 Å². The molecule has 0 aliphatic heterocycles. The predicted molar refractivity (Wildman–Crippen MR) is 70.8 cm³/mol. The molecule has 0 fully saturated rings. The van der Waals surface area contributed by atoms with Crippen molar-refractivity contribution in [1.29, 1.82) is 0 Å². The molecule has 21 heavy (non-hydrogen) atoms. The first-order chi connectivity index (χ1) is 9.88. The van der Waals surface area contributed by atoms with Crippen LogP contribution in [0.25, 0.3) is 0 Å². The number of aromatic carboxylic acids is 1. The van der Waals surface area contributed by atoms with Crippen LogP contribution in [0.3, 0.4) is 0 Å². The zero-order valence-corrected chi connectivity index (χ0v) is 10.6. The number of carbonyl (C=O) groups is 1. The molecule has 106 valence electrons. The quantitative estimate of drug-likeness (QED) is 0.811. The highest BCUT2D eigenvalue weighted by atomic mass is 19.4. The summed E-state index contributed by atoms with van der Waals surface area (Å²) >= 11 is 0. The van der Waals surface area contributed by atoms with E-state index >= 15 is 0 Å². The van der Waals surface area contributed by atoms with Gasteiger partial charge in [0.1, 0.15) is 0 Å². The number of hydrogen-bond acceptors (Lipinski definition) is 1. The van der Waals surface area contributed by atoms with E-state index in [1.807, 2.05) is 0 Å². The van der Waals surface area contributed by atoms with Crippen LogP contribution >= 0.6 is 0 Å². The molecule has 0 bridgehead atoms. The Balaban J connectivity index is 2.30. The van der Waals surface area contributed by atoms with Crippen molar-refractivity contribution in [3.8, 4) is 11.8 Å². The van der Waals surface area contributed by atoms with Crippen molar-refractivity contribution in [2.75, 3.05) is 0 Å². The second-order valence-corrected chi connectivity index (χ2v) is 4.18. The lowest BCUT2D eigenvalue weighted by Gasteiger charge is -2.05. The fourth-order valence-electron chi connectivity index (χ4n) is 1.66. The standard InChI is InChI=1S/C16H9F3O2/c17-16(18,19)13-9-6-11(7-10-13)5-8-12-3-1-2-4-14(12)15(20)21/h1-4,6-7,9-10H,(H,20,21). The van der Waals surface area contributed by atoms with E-state index in [9.17, 15) is 18.0 Å². The first kappa shape index (κ1) is 14.7. The number of carboxylic acid groups (broad SMARTS) is 1. The van der Waals surface area contributed by atoms with Crippen LogP contribution in [0, 0.1) is 11.8 Å². The highest BCUT2D eigenvalue weighted by molar-refractivity contribution is 5.90. The minimum Gasteiger partial charge on any atom is -0.478 e. The first-order valence-electron chi connectivity index (χ1n) is 5.89. The Labute approximate surface area is 118 Å². The molecule has 1 N–H and O–H groups in total. The average Bonchev–Trinajstić information content (AvgIpc) is 2.45.